The molecule has 0 fully saturated rings. The van der Waals surface area contributed by atoms with Gasteiger partial charge in [-0.05, 0) is 75.0 Å². The first-order chi connectivity index (χ1) is 36.3. The minimum Gasteiger partial charge on any atom is -0.455 e. The fourth-order valence-electron chi connectivity index (χ4n) is 4.83. The number of fused-ring (bicyclic) bond motifs is 5. The van der Waals surface area contributed by atoms with Crippen molar-refractivity contribution in [2.75, 3.05) is 5.32 Å². The lowest BCUT2D eigenvalue weighted by molar-refractivity contribution is -0.594. The molecule has 48 heavy (non-hydrogen) atoms. The second kappa shape index (κ2) is 11.7. The summed E-state index contributed by atoms with van der Waals surface area (Å²) in [4.78, 5) is 0. The maximum absolute atomic E-state index is 9.92. The minimum atomic E-state index is -1.22. The average molecular weight is 646 g/mol. The molecule has 0 unspecified atom stereocenters. The fraction of sp³-hybridized carbons (Fsp3) is 0. The number of pyridine rings is 1. The van der Waals surface area contributed by atoms with Gasteiger partial charge in [-0.25, -0.2) is 0 Å². The highest BCUT2D eigenvalue weighted by atomic mass is 16.3. The lowest BCUT2D eigenvalue weighted by atomic mass is 9.97. The van der Waals surface area contributed by atoms with E-state index < -0.39 is 265 Å². The van der Waals surface area contributed by atoms with E-state index in [-0.39, 0.29) is 0 Å². The van der Waals surface area contributed by atoms with Crippen LogP contribution in [0.5, 0.6) is 0 Å². The predicted octanol–water partition coefficient (Wildman–Crippen LogP) is 11.8. The zero-order chi connectivity index (χ0) is 58.0. The van der Waals surface area contributed by atoms with E-state index in [9.17, 15) is 9.60 Å². The van der Waals surface area contributed by atoms with Crippen molar-refractivity contribution < 1.29 is 50.1 Å². The molecule has 0 radical (unpaired) electrons. The third kappa shape index (κ3) is 4.99. The summed E-state index contributed by atoms with van der Waals surface area (Å²) in [7, 11) is 0. The van der Waals surface area contributed by atoms with Crippen LogP contribution in [-0.4, -0.2) is 0 Å². The molecule has 1 N–H and O–H groups in total. The molecule has 0 aliphatic rings. The number of anilines is 2. The minimum absolute atomic E-state index is 0.326. The maximum atomic E-state index is 9.92. The van der Waals surface area contributed by atoms with Crippen LogP contribution in [0, 0.1) is 0 Å². The Balaban J connectivity index is 1.46. The lowest BCUT2D eigenvalue weighted by Gasteiger charge is -2.13. The van der Waals surface area contributed by atoms with Crippen molar-refractivity contribution in [1.82, 2.24) is 0 Å². The molecule has 0 aliphatic heterocycles. The zero-order valence-electron chi connectivity index (χ0n) is 53.9. The van der Waals surface area contributed by atoms with Crippen LogP contribution in [-0.2, 0) is 0 Å². The normalized spacial score (nSPS) is 20.1. The molecule has 0 atom stereocenters. The van der Waals surface area contributed by atoms with E-state index in [0.717, 1.165) is 0 Å². The molecule has 3 nitrogen and oxygen atoms in total. The van der Waals surface area contributed by atoms with Crippen LogP contribution >= 0.6 is 0 Å². The Bertz CT molecular complexity index is 4190. The van der Waals surface area contributed by atoms with Crippen molar-refractivity contribution >= 4 is 44.1 Å². The summed E-state index contributed by atoms with van der Waals surface area (Å²) in [5, 5.41) is 0.403. The molecule has 7 aromatic carbocycles. The van der Waals surface area contributed by atoms with Gasteiger partial charge in [-0.15, -0.1) is 0 Å². The number of aromatic nitrogens is 1. The van der Waals surface area contributed by atoms with E-state index in [1.165, 1.54) is 0 Å². The third-order valence-corrected chi connectivity index (χ3v) is 6.98. The van der Waals surface area contributed by atoms with Crippen molar-refractivity contribution in [1.29, 1.82) is 0 Å². The molecular weight excluding hydrogens is 585 g/mol. The summed E-state index contributed by atoms with van der Waals surface area (Å²) >= 11 is 0. The Hall–Kier alpha value is -6.45. The van der Waals surface area contributed by atoms with Crippen LogP contribution in [0.15, 0.2) is 186 Å². The molecule has 0 bridgehead atoms. The van der Waals surface area contributed by atoms with Gasteiger partial charge in [0.25, 0.3) is 0 Å². The first-order valence-electron chi connectivity index (χ1n) is 28.8. The standard InChI is InChI=1S/C45H31N2O/c1-3-10-31(11-4-1)33-18-22-37(23-19-33)46-41-30-36(21-25-42(41)47-28-26-34(27-29-47)32-12-5-2-6-13-32)38-16-9-17-43-44(38)40-24-20-35-14-7-8-15-39(35)45(40)48-43/h1-30,46H/q+1/i1D,2D,3D,4D,5D,6D,7D,8D,9D,10D,11D,12D,13D,14D,15D,16D,17D,18D,19D,20D,21D,22D,23D,24D,25D,26D,27D,28D,29D,30D. The number of hydrogen-bond donors (Lipinski definition) is 1. The monoisotopic (exact) mass is 645 g/mol. The van der Waals surface area contributed by atoms with Crippen molar-refractivity contribution in [3.8, 4) is 39.1 Å². The molecule has 3 heteroatoms. The van der Waals surface area contributed by atoms with Gasteiger partial charge in [0.05, 0.1) is 38.4 Å². The average Bonchev–Trinajstić information content (AvgIpc) is 3.81. The van der Waals surface area contributed by atoms with Gasteiger partial charge in [0.15, 0.2) is 12.3 Å². The summed E-state index contributed by atoms with van der Waals surface area (Å²) in [6.45, 7) is 0. The summed E-state index contributed by atoms with van der Waals surface area (Å²) in [6.07, 6.45) is -2.43. The van der Waals surface area contributed by atoms with Gasteiger partial charge in [0.2, 0.25) is 5.69 Å². The number of hydrogen-bond acceptors (Lipinski definition) is 2. The molecule has 2 aromatic heterocycles. The zero-order valence-corrected chi connectivity index (χ0v) is 23.9. The first-order valence-corrected chi connectivity index (χ1v) is 13.8. The maximum Gasteiger partial charge on any atom is 0.234 e. The van der Waals surface area contributed by atoms with E-state index in [2.05, 4.69) is 5.32 Å². The summed E-state index contributed by atoms with van der Waals surface area (Å²) in [5.41, 5.74) is -9.08. The van der Waals surface area contributed by atoms with E-state index >= 15 is 0 Å². The van der Waals surface area contributed by atoms with Crippen molar-refractivity contribution in [2.24, 2.45) is 0 Å². The van der Waals surface area contributed by atoms with E-state index in [0.29, 0.717) is 4.57 Å². The van der Waals surface area contributed by atoms with Gasteiger partial charge >= 0.3 is 0 Å². The van der Waals surface area contributed by atoms with Crippen LogP contribution in [0.2, 0.25) is 0 Å². The molecule has 0 aliphatic carbocycles. The smallest absolute Gasteiger partial charge is 0.234 e. The molecule has 9 aromatic rings. The number of nitrogens with one attached hydrogen (secondary N) is 1. The highest BCUT2D eigenvalue weighted by molar-refractivity contribution is 6.19. The Morgan fingerprint density at radius 1 is 0.500 bits per heavy atom. The molecular formula is C45H31N2O+. The van der Waals surface area contributed by atoms with Crippen molar-refractivity contribution in [3.05, 3.63) is 182 Å². The van der Waals surface area contributed by atoms with E-state index in [1.54, 1.807) is 0 Å². The Kier molecular flexibility index (Phi) is 2.64. The highest BCUT2D eigenvalue weighted by Gasteiger charge is 2.19. The summed E-state index contributed by atoms with van der Waals surface area (Å²) < 4.78 is 271. The van der Waals surface area contributed by atoms with Crippen molar-refractivity contribution in [2.45, 2.75) is 0 Å². The van der Waals surface area contributed by atoms with Crippen LogP contribution in [0.1, 0.15) is 41.1 Å². The molecule has 2 heterocycles. The lowest BCUT2D eigenvalue weighted by Crippen LogP contribution is -2.30. The third-order valence-electron chi connectivity index (χ3n) is 6.98. The molecule has 0 saturated heterocycles. The topological polar surface area (TPSA) is 29.1 Å². The summed E-state index contributed by atoms with van der Waals surface area (Å²) in [6, 6.07) is -26.8. The molecule has 226 valence electrons. The number of nitrogens with zero attached hydrogens (tertiary/aromatic N) is 1. The largest absolute Gasteiger partial charge is 0.455 e. The highest BCUT2D eigenvalue weighted by Crippen LogP contribution is 2.40. The Morgan fingerprint density at radius 3 is 1.90 bits per heavy atom. The number of benzene rings is 7. The fourth-order valence-corrected chi connectivity index (χ4v) is 4.83. The van der Waals surface area contributed by atoms with Crippen LogP contribution < -0.4 is 9.88 Å². The second-order valence-corrected chi connectivity index (χ2v) is 9.79. The van der Waals surface area contributed by atoms with Gasteiger partial charge in [-0.2, -0.15) is 4.57 Å². The van der Waals surface area contributed by atoms with Gasteiger partial charge in [0, 0.05) is 40.0 Å². The predicted molar refractivity (Wildman–Crippen MR) is 199 cm³/mol. The SMILES string of the molecule is [2H]c1c([2H])c([2H])c(-c2c([2H])c([2H])c(Nc3c([2H])c(-c4c([2H])c([2H])c([2H])c5oc6c7c([2H])c([2H])c([2H])c([2H])c7c([2H])c([2H])c6c45)c([2H])c([2H])c3-[n+]3c([2H])c([2H])c(-c4c([2H])c([2H])c([2H])c([2H])c4[2H])c([2H])c3[2H])c([2H])c2[2H])c([2H])c1[2H]. The quantitative estimate of drug-likeness (QED) is 0.182. The number of rotatable bonds is 6. The van der Waals surface area contributed by atoms with Crippen LogP contribution in [0.4, 0.5) is 11.4 Å². The van der Waals surface area contributed by atoms with Gasteiger partial charge in [-0.3, -0.25) is 0 Å². The first kappa shape index (κ1) is 10.8. The van der Waals surface area contributed by atoms with E-state index in [4.69, 9.17) is 35.9 Å². The molecule has 0 spiro atoms. The van der Waals surface area contributed by atoms with Crippen LogP contribution in [0.3, 0.4) is 0 Å². The Morgan fingerprint density at radius 2 is 1.15 bits per heavy atom. The van der Waals surface area contributed by atoms with Crippen molar-refractivity contribution in [3.63, 3.8) is 0 Å². The molecule has 0 saturated carbocycles. The summed E-state index contributed by atoms with van der Waals surface area (Å²) in [5.74, 6) is 0. The molecule has 9 rings (SSSR count). The second-order valence-electron chi connectivity index (χ2n) is 9.79. The van der Waals surface area contributed by atoms with E-state index in [1.807, 2.05) is 0 Å². The van der Waals surface area contributed by atoms with Gasteiger partial charge in [-0.1, -0.05) is 115 Å². The van der Waals surface area contributed by atoms with Gasteiger partial charge in [0.1, 0.15) is 19.6 Å². The number of furan rings is 1. The van der Waals surface area contributed by atoms with Crippen LogP contribution in [0.25, 0.3) is 71.8 Å². The van der Waals surface area contributed by atoms with Gasteiger partial charge < -0.3 is 9.73 Å². The Labute approximate surface area is 321 Å². The molecule has 0 amide bonds.